The van der Waals surface area contributed by atoms with Crippen LogP contribution in [0.2, 0.25) is 0 Å². The fourth-order valence-electron chi connectivity index (χ4n) is 3.11. The van der Waals surface area contributed by atoms with Gasteiger partial charge < -0.3 is 9.72 Å². The number of para-hydroxylation sites is 1. The molecule has 0 spiro atoms. The van der Waals surface area contributed by atoms with Crippen LogP contribution >= 0.6 is 0 Å². The van der Waals surface area contributed by atoms with Gasteiger partial charge in [0, 0.05) is 35.7 Å². The summed E-state index contributed by atoms with van der Waals surface area (Å²) in [6.07, 6.45) is 3.31. The number of nitrogens with zero attached hydrogens (tertiary/aromatic N) is 1. The lowest BCUT2D eigenvalue weighted by Gasteiger charge is -2.18. The summed E-state index contributed by atoms with van der Waals surface area (Å²) in [5.74, 6) is -0.677. The molecule has 1 atom stereocenters. The van der Waals surface area contributed by atoms with E-state index >= 15 is 0 Å². The first-order valence-corrected chi connectivity index (χ1v) is 11.3. The second-order valence-corrected chi connectivity index (χ2v) is 8.72. The van der Waals surface area contributed by atoms with Crippen LogP contribution in [0.15, 0.2) is 59.6 Å². The van der Waals surface area contributed by atoms with E-state index in [1.54, 1.807) is 6.20 Å². The van der Waals surface area contributed by atoms with Crippen LogP contribution in [0.1, 0.15) is 25.3 Å². The number of carbonyl (C=O) groups excluding carboxylic acids is 1. The second-order valence-electron chi connectivity index (χ2n) is 7.01. The number of fused-ring (bicyclic) bond motifs is 1. The monoisotopic (exact) mass is 445 g/mol. The summed E-state index contributed by atoms with van der Waals surface area (Å²) < 4.78 is 33.4. The Kier molecular flexibility index (Phi) is 7.03. The number of non-ortho nitro benzene ring substituents is 1. The summed E-state index contributed by atoms with van der Waals surface area (Å²) in [4.78, 5) is 25.8. The fraction of sp³-hybridized carbons (Fsp3) is 0.286. The number of ether oxygens (including phenoxy) is 1. The summed E-state index contributed by atoms with van der Waals surface area (Å²) >= 11 is 0. The Morgan fingerprint density at radius 3 is 2.58 bits per heavy atom. The molecular weight excluding hydrogens is 422 g/mol. The molecule has 1 unspecified atom stereocenters. The summed E-state index contributed by atoms with van der Waals surface area (Å²) in [5, 5.41) is 11.7. The molecule has 0 fully saturated rings. The van der Waals surface area contributed by atoms with Crippen molar-refractivity contribution >= 4 is 32.6 Å². The lowest BCUT2D eigenvalue weighted by molar-refractivity contribution is -0.384. The number of hydrogen-bond acceptors (Lipinski definition) is 6. The highest BCUT2D eigenvalue weighted by Gasteiger charge is 2.28. The van der Waals surface area contributed by atoms with E-state index in [9.17, 15) is 23.3 Å². The van der Waals surface area contributed by atoms with Crippen molar-refractivity contribution in [1.29, 1.82) is 0 Å². The maximum absolute atomic E-state index is 12.9. The van der Waals surface area contributed by atoms with Gasteiger partial charge >= 0.3 is 5.97 Å². The molecular formula is C21H23N3O6S. The molecule has 3 rings (SSSR count). The molecule has 0 saturated carbocycles. The molecule has 2 aromatic carbocycles. The van der Waals surface area contributed by atoms with Crippen molar-refractivity contribution in [1.82, 2.24) is 9.71 Å². The van der Waals surface area contributed by atoms with Crippen LogP contribution in [0.5, 0.6) is 0 Å². The number of nitro benzene ring substituents is 1. The van der Waals surface area contributed by atoms with E-state index < -0.39 is 27.0 Å². The van der Waals surface area contributed by atoms with E-state index in [-0.39, 0.29) is 23.6 Å². The number of nitrogens with one attached hydrogen (secondary N) is 2. The molecule has 10 heteroatoms. The largest absolute Gasteiger partial charge is 0.464 e. The molecule has 31 heavy (non-hydrogen) atoms. The molecule has 0 amide bonds. The van der Waals surface area contributed by atoms with Crippen LogP contribution in [-0.4, -0.2) is 36.9 Å². The van der Waals surface area contributed by atoms with Crippen molar-refractivity contribution in [2.75, 3.05) is 6.61 Å². The summed E-state index contributed by atoms with van der Waals surface area (Å²) in [6.45, 7) is 2.15. The lowest BCUT2D eigenvalue weighted by Crippen LogP contribution is -2.43. The van der Waals surface area contributed by atoms with Crippen molar-refractivity contribution in [3.8, 4) is 0 Å². The van der Waals surface area contributed by atoms with E-state index in [2.05, 4.69) is 9.71 Å². The van der Waals surface area contributed by atoms with Crippen molar-refractivity contribution in [2.24, 2.45) is 0 Å². The van der Waals surface area contributed by atoms with Crippen molar-refractivity contribution in [3.05, 3.63) is 70.4 Å². The lowest BCUT2D eigenvalue weighted by atomic mass is 10.1. The molecule has 1 heterocycles. The number of nitro groups is 1. The SMILES string of the molecule is CCCCOC(=O)C(Cc1c[nH]c2ccccc12)NS(=O)(=O)c1ccc([N+](=O)[O-])cc1. The first kappa shape index (κ1) is 22.4. The van der Waals surface area contributed by atoms with E-state index in [0.29, 0.717) is 6.42 Å². The third-order valence-electron chi connectivity index (χ3n) is 4.78. The molecule has 0 bridgehead atoms. The zero-order valence-electron chi connectivity index (χ0n) is 16.9. The topological polar surface area (TPSA) is 131 Å². The van der Waals surface area contributed by atoms with Gasteiger partial charge in [0.05, 0.1) is 16.4 Å². The van der Waals surface area contributed by atoms with Gasteiger partial charge in [-0.1, -0.05) is 31.5 Å². The molecule has 9 nitrogen and oxygen atoms in total. The predicted molar refractivity (Wildman–Crippen MR) is 115 cm³/mol. The highest BCUT2D eigenvalue weighted by atomic mass is 32.2. The first-order chi connectivity index (χ1) is 14.8. The van der Waals surface area contributed by atoms with Crippen LogP contribution in [0.4, 0.5) is 5.69 Å². The van der Waals surface area contributed by atoms with Crippen LogP contribution in [0.3, 0.4) is 0 Å². The molecule has 2 N–H and O–H groups in total. The van der Waals surface area contributed by atoms with Gasteiger partial charge in [0.2, 0.25) is 10.0 Å². The van der Waals surface area contributed by atoms with Crippen LogP contribution in [-0.2, 0) is 26.0 Å². The minimum Gasteiger partial charge on any atom is -0.464 e. The Bertz CT molecular complexity index is 1170. The molecule has 1 aromatic heterocycles. The Morgan fingerprint density at radius 2 is 1.90 bits per heavy atom. The fourth-order valence-corrected chi connectivity index (χ4v) is 4.30. The Labute approximate surface area is 179 Å². The number of hydrogen-bond donors (Lipinski definition) is 2. The van der Waals surface area contributed by atoms with E-state index in [0.717, 1.165) is 47.2 Å². The Balaban J connectivity index is 1.86. The number of rotatable bonds is 10. The number of carbonyl (C=O) groups is 1. The van der Waals surface area contributed by atoms with Crippen molar-refractivity contribution in [3.63, 3.8) is 0 Å². The first-order valence-electron chi connectivity index (χ1n) is 9.80. The standard InChI is InChI=1S/C21H23N3O6S/c1-2-3-12-30-21(25)20(13-15-14-22-19-7-5-4-6-18(15)19)23-31(28,29)17-10-8-16(9-11-17)24(26)27/h4-11,14,20,22-23H,2-3,12-13H2,1H3. The number of unbranched alkanes of at least 4 members (excludes halogenated alkanes) is 1. The molecule has 0 saturated heterocycles. The normalized spacial score (nSPS) is 12.5. The van der Waals surface area contributed by atoms with Gasteiger partial charge in [-0.2, -0.15) is 4.72 Å². The van der Waals surface area contributed by atoms with Crippen molar-refractivity contribution in [2.45, 2.75) is 37.1 Å². The van der Waals surface area contributed by atoms with Gasteiger partial charge in [-0.15, -0.1) is 0 Å². The van der Waals surface area contributed by atoms with Gasteiger partial charge in [-0.05, 0) is 30.2 Å². The average Bonchev–Trinajstić information content (AvgIpc) is 3.16. The van der Waals surface area contributed by atoms with Crippen LogP contribution in [0, 0.1) is 10.1 Å². The number of benzene rings is 2. The van der Waals surface area contributed by atoms with Gasteiger partial charge in [0.15, 0.2) is 0 Å². The third kappa shape index (κ3) is 5.47. The predicted octanol–water partition coefficient (Wildman–Crippen LogP) is 3.31. The third-order valence-corrected chi connectivity index (χ3v) is 6.27. The Morgan fingerprint density at radius 1 is 1.19 bits per heavy atom. The number of H-pyrrole nitrogens is 1. The van der Waals surface area contributed by atoms with Crippen LogP contribution in [0.25, 0.3) is 10.9 Å². The van der Waals surface area contributed by atoms with E-state index in [1.807, 2.05) is 31.2 Å². The molecule has 164 valence electrons. The highest BCUT2D eigenvalue weighted by Crippen LogP contribution is 2.21. The zero-order valence-corrected chi connectivity index (χ0v) is 17.7. The minimum atomic E-state index is -4.12. The smallest absolute Gasteiger partial charge is 0.324 e. The van der Waals surface area contributed by atoms with Gasteiger partial charge in [-0.3, -0.25) is 14.9 Å². The minimum absolute atomic E-state index is 0.0845. The highest BCUT2D eigenvalue weighted by molar-refractivity contribution is 7.89. The van der Waals surface area contributed by atoms with Crippen LogP contribution < -0.4 is 4.72 Å². The quantitative estimate of drug-likeness (QED) is 0.213. The Hall–Kier alpha value is -3.24. The molecule has 0 aliphatic rings. The molecule has 0 radical (unpaired) electrons. The molecule has 0 aliphatic carbocycles. The average molecular weight is 445 g/mol. The van der Waals surface area contributed by atoms with E-state index in [1.165, 1.54) is 0 Å². The maximum Gasteiger partial charge on any atom is 0.324 e. The summed E-state index contributed by atoms with van der Waals surface area (Å²) in [6, 6.07) is 10.8. The maximum atomic E-state index is 12.9. The van der Waals surface area contributed by atoms with Gasteiger partial charge in [-0.25, -0.2) is 8.42 Å². The van der Waals surface area contributed by atoms with E-state index in [4.69, 9.17) is 4.74 Å². The number of esters is 1. The molecule has 0 aliphatic heterocycles. The van der Waals surface area contributed by atoms with Gasteiger partial charge in [0.1, 0.15) is 6.04 Å². The number of aromatic nitrogens is 1. The summed E-state index contributed by atoms with van der Waals surface area (Å²) in [7, 11) is -4.12. The van der Waals surface area contributed by atoms with Crippen molar-refractivity contribution < 1.29 is 22.9 Å². The zero-order chi connectivity index (χ0) is 22.4. The number of aromatic amines is 1. The second kappa shape index (κ2) is 9.71. The van der Waals surface area contributed by atoms with Gasteiger partial charge in [0.25, 0.3) is 5.69 Å². The molecule has 3 aromatic rings. The summed E-state index contributed by atoms with van der Waals surface area (Å²) in [5.41, 5.74) is 1.40. The number of sulfonamides is 1.